The fraction of sp³-hybridized carbons (Fsp3) is 0.632. The zero-order chi connectivity index (χ0) is 18.9. The number of ether oxygens (including phenoxy) is 1. The lowest BCUT2D eigenvalue weighted by Crippen LogP contribution is -2.48. The van der Waals surface area contributed by atoms with Gasteiger partial charge in [0, 0.05) is 44.4 Å². The number of carbonyl (C=O) groups excluding carboxylic acids is 1. The number of thioether (sulfide) groups is 1. The minimum Gasteiger partial charge on any atom is -0.493 e. The molecule has 148 valence electrons. The molecule has 6 nitrogen and oxygen atoms in total. The van der Waals surface area contributed by atoms with Crippen molar-refractivity contribution >= 4 is 27.5 Å². The number of piperazine rings is 1. The normalized spacial score (nSPS) is 24.6. The van der Waals surface area contributed by atoms with Crippen molar-refractivity contribution in [1.82, 2.24) is 9.80 Å². The lowest BCUT2D eigenvalue weighted by Gasteiger charge is -2.35. The van der Waals surface area contributed by atoms with Crippen LogP contribution in [0.1, 0.15) is 17.5 Å². The summed E-state index contributed by atoms with van der Waals surface area (Å²) in [5.74, 6) is 2.04. The molecule has 0 radical (unpaired) electrons. The van der Waals surface area contributed by atoms with Gasteiger partial charge in [0.15, 0.2) is 9.84 Å². The number of hydrogen-bond acceptors (Lipinski definition) is 6. The highest BCUT2D eigenvalue weighted by Crippen LogP contribution is 2.27. The molecular weight excluding hydrogens is 384 g/mol. The van der Waals surface area contributed by atoms with E-state index in [0.29, 0.717) is 12.2 Å². The highest BCUT2D eigenvalue weighted by Gasteiger charge is 2.29. The standard InChI is InChI=1S/C19H26N2O4S2/c22-19(13-26-17-4-10-27(23,24)14-17)21-7-5-20(6-8-21)12-15-1-2-18-16(11-15)3-9-25-18/h1-2,11,17H,3-10,12-14H2/t17-/m0/s1. The van der Waals surface area contributed by atoms with Crippen molar-refractivity contribution in [2.45, 2.75) is 24.6 Å². The predicted octanol–water partition coefficient (Wildman–Crippen LogP) is 1.19. The molecule has 2 fully saturated rings. The molecule has 8 heteroatoms. The smallest absolute Gasteiger partial charge is 0.232 e. The van der Waals surface area contributed by atoms with E-state index in [1.165, 1.54) is 22.9 Å². The molecule has 4 rings (SSSR count). The van der Waals surface area contributed by atoms with Gasteiger partial charge < -0.3 is 9.64 Å². The second-order valence-electron chi connectivity index (χ2n) is 7.53. The van der Waals surface area contributed by atoms with E-state index in [1.807, 2.05) is 4.90 Å². The molecule has 1 aromatic carbocycles. The van der Waals surface area contributed by atoms with E-state index in [9.17, 15) is 13.2 Å². The van der Waals surface area contributed by atoms with Crippen molar-refractivity contribution in [2.75, 3.05) is 50.0 Å². The molecule has 3 aliphatic heterocycles. The fourth-order valence-corrected chi connectivity index (χ4v) is 7.47. The Morgan fingerprint density at radius 1 is 1.22 bits per heavy atom. The Hall–Kier alpha value is -1.25. The first-order chi connectivity index (χ1) is 13.0. The van der Waals surface area contributed by atoms with Crippen molar-refractivity contribution in [3.8, 4) is 5.75 Å². The van der Waals surface area contributed by atoms with E-state index in [0.717, 1.165) is 51.5 Å². The topological polar surface area (TPSA) is 66.9 Å². The summed E-state index contributed by atoms with van der Waals surface area (Å²) in [6.07, 6.45) is 1.67. The summed E-state index contributed by atoms with van der Waals surface area (Å²) in [5, 5.41) is 0.0871. The van der Waals surface area contributed by atoms with Crippen molar-refractivity contribution in [2.24, 2.45) is 0 Å². The second-order valence-corrected chi connectivity index (χ2v) is 11.1. The van der Waals surface area contributed by atoms with Crippen LogP contribution in [0.25, 0.3) is 0 Å². The number of sulfone groups is 1. The van der Waals surface area contributed by atoms with Gasteiger partial charge in [-0.1, -0.05) is 12.1 Å². The predicted molar refractivity (Wildman–Crippen MR) is 107 cm³/mol. The summed E-state index contributed by atoms with van der Waals surface area (Å²) in [4.78, 5) is 16.7. The van der Waals surface area contributed by atoms with Gasteiger partial charge in [0.2, 0.25) is 5.91 Å². The van der Waals surface area contributed by atoms with Crippen molar-refractivity contribution in [3.63, 3.8) is 0 Å². The average molecular weight is 411 g/mol. The van der Waals surface area contributed by atoms with Crippen LogP contribution < -0.4 is 4.74 Å². The molecule has 0 aromatic heterocycles. The van der Waals surface area contributed by atoms with Crippen molar-refractivity contribution in [3.05, 3.63) is 29.3 Å². The maximum atomic E-state index is 12.4. The first-order valence-electron chi connectivity index (χ1n) is 9.55. The number of rotatable bonds is 5. The van der Waals surface area contributed by atoms with Crippen LogP contribution >= 0.6 is 11.8 Å². The minimum absolute atomic E-state index is 0.0871. The zero-order valence-electron chi connectivity index (χ0n) is 15.4. The van der Waals surface area contributed by atoms with Crippen LogP contribution in [0.2, 0.25) is 0 Å². The van der Waals surface area contributed by atoms with Crippen LogP contribution in [0.15, 0.2) is 18.2 Å². The van der Waals surface area contributed by atoms with Crippen LogP contribution in [0, 0.1) is 0 Å². The van der Waals surface area contributed by atoms with Gasteiger partial charge in [0.05, 0.1) is 23.9 Å². The first-order valence-corrected chi connectivity index (χ1v) is 12.4. The van der Waals surface area contributed by atoms with Crippen molar-refractivity contribution in [1.29, 1.82) is 0 Å². The summed E-state index contributed by atoms with van der Waals surface area (Å²) in [6.45, 7) is 4.94. The number of benzene rings is 1. The van der Waals surface area contributed by atoms with Gasteiger partial charge >= 0.3 is 0 Å². The van der Waals surface area contributed by atoms with Gasteiger partial charge in [-0.05, 0) is 23.6 Å². The molecule has 3 aliphatic rings. The molecule has 2 saturated heterocycles. The summed E-state index contributed by atoms with van der Waals surface area (Å²) in [7, 11) is -2.87. The minimum atomic E-state index is -2.87. The van der Waals surface area contributed by atoms with Crippen LogP contribution in [0.4, 0.5) is 0 Å². The molecule has 1 atom stereocenters. The van der Waals surface area contributed by atoms with Crippen LogP contribution in [-0.4, -0.2) is 79.4 Å². The Morgan fingerprint density at radius 2 is 2.04 bits per heavy atom. The first kappa shape index (κ1) is 19.1. The van der Waals surface area contributed by atoms with Crippen molar-refractivity contribution < 1.29 is 17.9 Å². The van der Waals surface area contributed by atoms with E-state index < -0.39 is 9.84 Å². The van der Waals surface area contributed by atoms with E-state index in [4.69, 9.17) is 4.74 Å². The molecule has 0 unspecified atom stereocenters. The molecule has 0 N–H and O–H groups in total. The maximum Gasteiger partial charge on any atom is 0.232 e. The number of carbonyl (C=O) groups is 1. The Balaban J connectivity index is 1.21. The summed E-state index contributed by atoms with van der Waals surface area (Å²) >= 11 is 1.51. The summed E-state index contributed by atoms with van der Waals surface area (Å²) in [6, 6.07) is 6.44. The summed E-state index contributed by atoms with van der Waals surface area (Å²) < 4.78 is 28.6. The lowest BCUT2D eigenvalue weighted by atomic mass is 10.1. The Morgan fingerprint density at radius 3 is 2.78 bits per heavy atom. The Kier molecular flexibility index (Phi) is 5.66. The van der Waals surface area contributed by atoms with E-state index in [1.54, 1.807) is 0 Å². The third kappa shape index (κ3) is 4.78. The van der Waals surface area contributed by atoms with E-state index >= 15 is 0 Å². The average Bonchev–Trinajstić information content (AvgIpc) is 3.25. The highest BCUT2D eigenvalue weighted by molar-refractivity contribution is 8.02. The number of hydrogen-bond donors (Lipinski definition) is 0. The number of fused-ring (bicyclic) bond motifs is 1. The van der Waals surface area contributed by atoms with Gasteiger partial charge in [0.1, 0.15) is 5.75 Å². The molecule has 1 aromatic rings. The fourth-order valence-electron chi connectivity index (χ4n) is 3.92. The van der Waals surface area contributed by atoms with Gasteiger partial charge in [0.25, 0.3) is 0 Å². The third-order valence-corrected chi connectivity index (χ3v) is 8.78. The molecule has 0 spiro atoms. The molecule has 0 aliphatic carbocycles. The van der Waals surface area contributed by atoms with Gasteiger partial charge in [-0.15, -0.1) is 11.8 Å². The second kappa shape index (κ2) is 8.01. The monoisotopic (exact) mass is 410 g/mol. The molecule has 3 heterocycles. The Labute approximate surface area is 165 Å². The van der Waals surface area contributed by atoms with Gasteiger partial charge in [-0.3, -0.25) is 9.69 Å². The SMILES string of the molecule is O=C(CS[C@H]1CCS(=O)(=O)C1)N1CCN(Cc2ccc3c(c2)CCO3)CC1. The lowest BCUT2D eigenvalue weighted by molar-refractivity contribution is -0.130. The molecule has 0 bridgehead atoms. The largest absolute Gasteiger partial charge is 0.493 e. The van der Waals surface area contributed by atoms with Gasteiger partial charge in [-0.2, -0.15) is 0 Å². The third-order valence-electron chi connectivity index (χ3n) is 5.52. The quantitative estimate of drug-likeness (QED) is 0.726. The van der Waals surface area contributed by atoms with E-state index in [-0.39, 0.29) is 22.7 Å². The highest BCUT2D eigenvalue weighted by atomic mass is 32.2. The zero-order valence-corrected chi connectivity index (χ0v) is 17.1. The molecular formula is C19H26N2O4S2. The molecule has 0 saturated carbocycles. The van der Waals surface area contributed by atoms with Crippen LogP contribution in [0.5, 0.6) is 5.75 Å². The number of amides is 1. The molecule has 1 amide bonds. The van der Waals surface area contributed by atoms with E-state index in [2.05, 4.69) is 23.1 Å². The number of nitrogens with zero attached hydrogens (tertiary/aromatic N) is 2. The van der Waals surface area contributed by atoms with Crippen LogP contribution in [-0.2, 0) is 27.6 Å². The van der Waals surface area contributed by atoms with Crippen LogP contribution in [0.3, 0.4) is 0 Å². The molecule has 27 heavy (non-hydrogen) atoms. The Bertz CT molecular complexity index is 804. The maximum absolute atomic E-state index is 12.4. The summed E-state index contributed by atoms with van der Waals surface area (Å²) in [5.41, 5.74) is 2.60. The van der Waals surface area contributed by atoms with Gasteiger partial charge in [-0.25, -0.2) is 8.42 Å².